The monoisotopic (exact) mass is 535 g/mol. The second-order valence-corrected chi connectivity index (χ2v) is 11.4. The number of rotatable bonds is 11. The Morgan fingerprint density at radius 1 is 0.895 bits per heavy atom. The second kappa shape index (κ2) is 12.7. The molecule has 0 aliphatic rings. The third-order valence-electron chi connectivity index (χ3n) is 6.54. The van der Waals surface area contributed by atoms with Gasteiger partial charge in [0, 0.05) is 13.1 Å². The van der Waals surface area contributed by atoms with Crippen molar-refractivity contribution in [1.29, 1.82) is 0 Å². The molecule has 1 N–H and O–H groups in total. The number of hydrogen-bond donors (Lipinski definition) is 1. The number of benzene rings is 3. The first-order valence-corrected chi connectivity index (χ1v) is 14.3. The van der Waals surface area contributed by atoms with Crippen molar-refractivity contribution in [3.63, 3.8) is 0 Å². The molecule has 0 spiro atoms. The molecule has 3 aromatic rings. The molecule has 0 saturated heterocycles. The number of sulfonamides is 1. The Hall–Kier alpha value is -3.65. The predicted octanol–water partition coefficient (Wildman–Crippen LogP) is 4.75. The maximum atomic E-state index is 13.9. The van der Waals surface area contributed by atoms with Gasteiger partial charge in [-0.05, 0) is 75.1 Å². The molecule has 0 fully saturated rings. The zero-order valence-corrected chi connectivity index (χ0v) is 23.6. The van der Waals surface area contributed by atoms with Gasteiger partial charge in [-0.2, -0.15) is 0 Å². The molecule has 8 heteroatoms. The summed E-state index contributed by atoms with van der Waals surface area (Å²) in [5.74, 6) is -0.750. The highest BCUT2D eigenvalue weighted by molar-refractivity contribution is 7.92. The molecular formula is C30H37N3O4S. The van der Waals surface area contributed by atoms with Crippen molar-refractivity contribution in [3.05, 3.63) is 95.1 Å². The minimum Gasteiger partial charge on any atom is -0.354 e. The van der Waals surface area contributed by atoms with Gasteiger partial charge in [0.15, 0.2) is 0 Å². The molecule has 2 amide bonds. The van der Waals surface area contributed by atoms with Crippen molar-refractivity contribution >= 4 is 27.5 Å². The number of aryl methyl sites for hydroxylation is 3. The van der Waals surface area contributed by atoms with E-state index >= 15 is 0 Å². The normalized spacial score (nSPS) is 12.0. The average molecular weight is 536 g/mol. The van der Waals surface area contributed by atoms with Gasteiger partial charge >= 0.3 is 0 Å². The molecule has 0 radical (unpaired) electrons. The molecule has 0 aromatic heterocycles. The SMILES string of the molecule is CCCNC(=O)[C@H](C)N(Cc1cccc(C)c1)C(=O)CN(c1ccc(C)c(C)c1)S(=O)(=O)c1ccccc1. The average Bonchev–Trinajstić information content (AvgIpc) is 2.90. The van der Waals surface area contributed by atoms with Crippen LogP contribution in [-0.2, 0) is 26.2 Å². The van der Waals surface area contributed by atoms with Crippen molar-refractivity contribution in [2.24, 2.45) is 0 Å². The van der Waals surface area contributed by atoms with E-state index in [9.17, 15) is 18.0 Å². The van der Waals surface area contributed by atoms with E-state index in [1.807, 2.05) is 58.0 Å². The van der Waals surface area contributed by atoms with Gasteiger partial charge in [0.1, 0.15) is 12.6 Å². The molecular weight excluding hydrogens is 498 g/mol. The smallest absolute Gasteiger partial charge is 0.264 e. The highest BCUT2D eigenvalue weighted by Gasteiger charge is 2.32. The van der Waals surface area contributed by atoms with E-state index in [0.29, 0.717) is 12.2 Å². The van der Waals surface area contributed by atoms with Gasteiger partial charge in [0.2, 0.25) is 11.8 Å². The van der Waals surface area contributed by atoms with E-state index in [2.05, 4.69) is 5.32 Å². The van der Waals surface area contributed by atoms with Gasteiger partial charge in [-0.1, -0.05) is 61.0 Å². The molecule has 1 atom stereocenters. The first-order chi connectivity index (χ1) is 18.0. The van der Waals surface area contributed by atoms with Gasteiger partial charge in [-0.3, -0.25) is 13.9 Å². The molecule has 0 bridgehead atoms. The van der Waals surface area contributed by atoms with E-state index < -0.39 is 28.5 Å². The van der Waals surface area contributed by atoms with Crippen LogP contribution in [0.1, 0.15) is 42.5 Å². The second-order valence-electron chi connectivity index (χ2n) is 9.57. The van der Waals surface area contributed by atoms with Crippen molar-refractivity contribution < 1.29 is 18.0 Å². The number of nitrogens with zero attached hydrogens (tertiary/aromatic N) is 2. The van der Waals surface area contributed by atoms with Crippen molar-refractivity contribution in [1.82, 2.24) is 10.2 Å². The summed E-state index contributed by atoms with van der Waals surface area (Å²) in [5, 5.41) is 2.85. The third kappa shape index (κ3) is 7.01. The molecule has 0 unspecified atom stereocenters. The molecule has 7 nitrogen and oxygen atoms in total. The molecule has 202 valence electrons. The Kier molecular flexibility index (Phi) is 9.69. The van der Waals surface area contributed by atoms with Crippen LogP contribution >= 0.6 is 0 Å². The summed E-state index contributed by atoms with van der Waals surface area (Å²) >= 11 is 0. The molecule has 0 heterocycles. The third-order valence-corrected chi connectivity index (χ3v) is 8.33. The lowest BCUT2D eigenvalue weighted by molar-refractivity contribution is -0.139. The summed E-state index contributed by atoms with van der Waals surface area (Å²) in [6.45, 7) is 9.65. The van der Waals surface area contributed by atoms with E-state index in [1.54, 1.807) is 37.3 Å². The maximum Gasteiger partial charge on any atom is 0.264 e. The largest absolute Gasteiger partial charge is 0.354 e. The topological polar surface area (TPSA) is 86.8 Å². The number of hydrogen-bond acceptors (Lipinski definition) is 4. The minimum atomic E-state index is -4.07. The lowest BCUT2D eigenvalue weighted by atomic mass is 10.1. The first kappa shape index (κ1) is 28.9. The number of amides is 2. The Labute approximate surface area is 226 Å². The molecule has 3 rings (SSSR count). The zero-order chi connectivity index (χ0) is 27.9. The molecule has 3 aromatic carbocycles. The highest BCUT2D eigenvalue weighted by Crippen LogP contribution is 2.26. The van der Waals surface area contributed by atoms with Gasteiger partial charge in [0.25, 0.3) is 10.0 Å². The standard InChI is InChI=1S/C30H37N3O4S/c1-6-17-31-30(35)25(5)32(20-26-12-10-11-22(2)18-26)29(34)21-33(27-16-15-23(3)24(4)19-27)38(36,37)28-13-8-7-9-14-28/h7-16,18-19,25H,6,17,20-21H2,1-5H3,(H,31,35)/t25-/m0/s1. The lowest BCUT2D eigenvalue weighted by Crippen LogP contribution is -2.51. The lowest BCUT2D eigenvalue weighted by Gasteiger charge is -2.32. The van der Waals surface area contributed by atoms with E-state index in [4.69, 9.17) is 0 Å². The summed E-state index contributed by atoms with van der Waals surface area (Å²) < 4.78 is 28.8. The van der Waals surface area contributed by atoms with Crippen molar-refractivity contribution in [3.8, 4) is 0 Å². The highest BCUT2D eigenvalue weighted by atomic mass is 32.2. The van der Waals surface area contributed by atoms with Crippen LogP contribution < -0.4 is 9.62 Å². The van der Waals surface area contributed by atoms with Crippen LogP contribution in [0, 0.1) is 20.8 Å². The summed E-state index contributed by atoms with van der Waals surface area (Å²) in [4.78, 5) is 28.4. The van der Waals surface area contributed by atoms with Crippen molar-refractivity contribution in [2.45, 2.75) is 58.5 Å². The Morgan fingerprint density at radius 3 is 2.24 bits per heavy atom. The molecule has 38 heavy (non-hydrogen) atoms. The van der Waals surface area contributed by atoms with Crippen LogP contribution in [0.25, 0.3) is 0 Å². The van der Waals surface area contributed by atoms with Crippen LogP contribution in [0.3, 0.4) is 0 Å². The molecule has 0 aliphatic carbocycles. The van der Waals surface area contributed by atoms with Crippen LogP contribution in [0.2, 0.25) is 0 Å². The van der Waals surface area contributed by atoms with Gasteiger partial charge in [0.05, 0.1) is 10.6 Å². The number of carbonyl (C=O) groups is 2. The fourth-order valence-corrected chi connectivity index (χ4v) is 5.54. The Bertz CT molecular complexity index is 1370. The summed E-state index contributed by atoms with van der Waals surface area (Å²) in [6, 6.07) is 20.3. The van der Waals surface area contributed by atoms with E-state index in [-0.39, 0.29) is 17.3 Å². The summed E-state index contributed by atoms with van der Waals surface area (Å²) in [5.41, 5.74) is 4.20. The number of nitrogens with one attached hydrogen (secondary N) is 1. The van der Waals surface area contributed by atoms with Crippen LogP contribution in [0.15, 0.2) is 77.7 Å². The van der Waals surface area contributed by atoms with Crippen LogP contribution in [0.4, 0.5) is 5.69 Å². The number of carbonyl (C=O) groups excluding carboxylic acids is 2. The zero-order valence-electron chi connectivity index (χ0n) is 22.8. The Morgan fingerprint density at radius 2 is 1.61 bits per heavy atom. The van der Waals surface area contributed by atoms with E-state index in [1.165, 1.54) is 17.0 Å². The summed E-state index contributed by atoms with van der Waals surface area (Å²) in [6.07, 6.45) is 0.764. The Balaban J connectivity index is 2.03. The maximum absolute atomic E-state index is 13.9. The fraction of sp³-hybridized carbons (Fsp3) is 0.333. The van der Waals surface area contributed by atoms with Gasteiger partial charge in [-0.15, -0.1) is 0 Å². The van der Waals surface area contributed by atoms with Crippen molar-refractivity contribution in [2.75, 3.05) is 17.4 Å². The first-order valence-electron chi connectivity index (χ1n) is 12.8. The van der Waals surface area contributed by atoms with E-state index in [0.717, 1.165) is 33.0 Å². The number of anilines is 1. The van der Waals surface area contributed by atoms with Crippen LogP contribution in [0.5, 0.6) is 0 Å². The molecule has 0 aliphatic heterocycles. The molecule has 0 saturated carbocycles. The fourth-order valence-electron chi connectivity index (χ4n) is 4.11. The van der Waals surface area contributed by atoms with Gasteiger partial charge in [-0.25, -0.2) is 8.42 Å². The van der Waals surface area contributed by atoms with Gasteiger partial charge < -0.3 is 10.2 Å². The van der Waals surface area contributed by atoms with Crippen LogP contribution in [-0.4, -0.2) is 44.3 Å². The summed E-state index contributed by atoms with van der Waals surface area (Å²) in [7, 11) is -4.07. The quantitative estimate of drug-likeness (QED) is 0.384. The predicted molar refractivity (Wildman–Crippen MR) is 151 cm³/mol. The minimum absolute atomic E-state index is 0.0880.